The predicted octanol–water partition coefficient (Wildman–Crippen LogP) is 2.35. The van der Waals surface area contributed by atoms with Gasteiger partial charge in [-0.15, -0.1) is 0 Å². The molecule has 0 spiro atoms. The molecule has 116 valence electrons. The molecule has 0 aliphatic heterocycles. The van der Waals surface area contributed by atoms with E-state index in [-0.39, 0.29) is 18.6 Å². The van der Waals surface area contributed by atoms with E-state index in [1.165, 1.54) is 18.4 Å². The molecular formula is C17H26N2O2. The Morgan fingerprint density at radius 1 is 1.29 bits per heavy atom. The number of nitrogens with two attached hydrogens (primary N) is 1. The van der Waals surface area contributed by atoms with Gasteiger partial charge in [-0.05, 0) is 35.8 Å². The Hall–Kier alpha value is -1.39. The third kappa shape index (κ3) is 5.48. The van der Waals surface area contributed by atoms with Crippen molar-refractivity contribution in [3.05, 3.63) is 35.4 Å². The van der Waals surface area contributed by atoms with Gasteiger partial charge in [-0.2, -0.15) is 0 Å². The van der Waals surface area contributed by atoms with E-state index in [0.717, 1.165) is 5.56 Å². The monoisotopic (exact) mass is 290 g/mol. The fourth-order valence-electron chi connectivity index (χ4n) is 2.12. The third-order valence-corrected chi connectivity index (χ3v) is 3.83. The Labute approximate surface area is 127 Å². The standard InChI is InChI=1S/C17H26N2O2/c1-12(2)14-5-7-15(8-6-14)16(18)9-19-17(20)11-21-10-13-3-4-13/h5-8,12-13,16H,3-4,9-11,18H2,1-2H3,(H,19,20). The lowest BCUT2D eigenvalue weighted by Crippen LogP contribution is -2.34. The fraction of sp³-hybridized carbons (Fsp3) is 0.588. The number of carbonyl (C=O) groups is 1. The predicted molar refractivity (Wildman–Crippen MR) is 84.0 cm³/mol. The van der Waals surface area contributed by atoms with Crippen LogP contribution in [0.2, 0.25) is 0 Å². The van der Waals surface area contributed by atoms with E-state index in [1.54, 1.807) is 0 Å². The van der Waals surface area contributed by atoms with Gasteiger partial charge in [0.05, 0.1) is 6.61 Å². The maximum atomic E-state index is 11.6. The van der Waals surface area contributed by atoms with Crippen LogP contribution in [0.5, 0.6) is 0 Å². The molecule has 0 aromatic heterocycles. The fourth-order valence-corrected chi connectivity index (χ4v) is 2.12. The highest BCUT2D eigenvalue weighted by Gasteiger charge is 2.21. The van der Waals surface area contributed by atoms with Gasteiger partial charge in [0.2, 0.25) is 5.91 Å². The minimum Gasteiger partial charge on any atom is -0.371 e. The first-order chi connectivity index (χ1) is 10.1. The van der Waals surface area contributed by atoms with Gasteiger partial charge in [0.1, 0.15) is 6.61 Å². The maximum Gasteiger partial charge on any atom is 0.246 e. The Bertz CT molecular complexity index is 452. The second kappa shape index (κ2) is 7.57. The normalized spacial score (nSPS) is 16.0. The van der Waals surface area contributed by atoms with Crippen LogP contribution in [0.25, 0.3) is 0 Å². The Kier molecular flexibility index (Phi) is 5.76. The second-order valence-electron chi connectivity index (χ2n) is 6.19. The van der Waals surface area contributed by atoms with E-state index in [4.69, 9.17) is 10.5 Å². The number of nitrogens with one attached hydrogen (secondary N) is 1. The molecule has 1 aromatic rings. The lowest BCUT2D eigenvalue weighted by molar-refractivity contribution is -0.125. The number of ether oxygens (including phenoxy) is 1. The smallest absolute Gasteiger partial charge is 0.246 e. The Balaban J connectivity index is 1.69. The summed E-state index contributed by atoms with van der Waals surface area (Å²) in [5, 5.41) is 2.82. The second-order valence-corrected chi connectivity index (χ2v) is 6.19. The molecule has 1 fully saturated rings. The number of rotatable bonds is 8. The lowest BCUT2D eigenvalue weighted by atomic mass is 9.99. The minimum absolute atomic E-state index is 0.0927. The van der Waals surface area contributed by atoms with Crippen molar-refractivity contribution in [3.63, 3.8) is 0 Å². The first-order valence-corrected chi connectivity index (χ1v) is 7.76. The molecule has 3 N–H and O–H groups in total. The summed E-state index contributed by atoms with van der Waals surface area (Å²) in [5.41, 5.74) is 8.44. The van der Waals surface area contributed by atoms with Crippen LogP contribution in [0.15, 0.2) is 24.3 Å². The topological polar surface area (TPSA) is 64.3 Å². The zero-order chi connectivity index (χ0) is 15.2. The summed E-state index contributed by atoms with van der Waals surface area (Å²) in [7, 11) is 0. The number of benzene rings is 1. The summed E-state index contributed by atoms with van der Waals surface area (Å²) in [6.07, 6.45) is 2.47. The van der Waals surface area contributed by atoms with Crippen LogP contribution in [0.1, 0.15) is 49.8 Å². The molecule has 1 aliphatic rings. The van der Waals surface area contributed by atoms with Crippen molar-refractivity contribution in [3.8, 4) is 0 Å². The highest BCUT2D eigenvalue weighted by atomic mass is 16.5. The molecule has 4 nitrogen and oxygen atoms in total. The van der Waals surface area contributed by atoms with E-state index in [0.29, 0.717) is 25.0 Å². The van der Waals surface area contributed by atoms with Crippen molar-refractivity contribution in [2.24, 2.45) is 11.7 Å². The first kappa shape index (κ1) is 16.0. The summed E-state index contributed by atoms with van der Waals surface area (Å²) in [6, 6.07) is 8.09. The van der Waals surface area contributed by atoms with Crippen LogP contribution in [0.4, 0.5) is 0 Å². The van der Waals surface area contributed by atoms with Crippen molar-refractivity contribution in [1.82, 2.24) is 5.32 Å². The molecule has 1 saturated carbocycles. The first-order valence-electron chi connectivity index (χ1n) is 7.76. The number of hydrogen-bond acceptors (Lipinski definition) is 3. The molecular weight excluding hydrogens is 264 g/mol. The molecule has 21 heavy (non-hydrogen) atoms. The Morgan fingerprint density at radius 3 is 2.48 bits per heavy atom. The molecule has 0 bridgehead atoms. The highest BCUT2D eigenvalue weighted by molar-refractivity contribution is 5.77. The van der Waals surface area contributed by atoms with Crippen LogP contribution in [0, 0.1) is 5.92 Å². The zero-order valence-electron chi connectivity index (χ0n) is 13.0. The van der Waals surface area contributed by atoms with Crippen LogP contribution in [-0.2, 0) is 9.53 Å². The molecule has 1 unspecified atom stereocenters. The number of hydrogen-bond donors (Lipinski definition) is 2. The average molecular weight is 290 g/mol. The highest BCUT2D eigenvalue weighted by Crippen LogP contribution is 2.28. The summed E-state index contributed by atoms with van der Waals surface area (Å²) in [6.45, 7) is 5.60. The molecule has 0 heterocycles. The van der Waals surface area contributed by atoms with Gasteiger partial charge in [0, 0.05) is 12.6 Å². The summed E-state index contributed by atoms with van der Waals surface area (Å²) in [5.74, 6) is 1.10. The van der Waals surface area contributed by atoms with Crippen LogP contribution >= 0.6 is 0 Å². The van der Waals surface area contributed by atoms with Crippen LogP contribution in [0.3, 0.4) is 0 Å². The quantitative estimate of drug-likeness (QED) is 0.772. The van der Waals surface area contributed by atoms with Crippen LogP contribution in [-0.4, -0.2) is 25.7 Å². The van der Waals surface area contributed by atoms with E-state index < -0.39 is 0 Å². The van der Waals surface area contributed by atoms with Crippen molar-refractivity contribution >= 4 is 5.91 Å². The zero-order valence-corrected chi connectivity index (χ0v) is 13.0. The van der Waals surface area contributed by atoms with E-state index in [1.807, 2.05) is 12.1 Å². The van der Waals surface area contributed by atoms with E-state index >= 15 is 0 Å². The molecule has 4 heteroatoms. The van der Waals surface area contributed by atoms with Gasteiger partial charge < -0.3 is 15.8 Å². The van der Waals surface area contributed by atoms with E-state index in [9.17, 15) is 4.79 Å². The summed E-state index contributed by atoms with van der Waals surface area (Å²) < 4.78 is 5.35. The van der Waals surface area contributed by atoms with Gasteiger partial charge in [-0.3, -0.25) is 4.79 Å². The van der Waals surface area contributed by atoms with Gasteiger partial charge in [-0.1, -0.05) is 38.1 Å². The molecule has 1 aromatic carbocycles. The molecule has 0 radical (unpaired) electrons. The third-order valence-electron chi connectivity index (χ3n) is 3.83. The summed E-state index contributed by atoms with van der Waals surface area (Å²) >= 11 is 0. The molecule has 1 amide bonds. The molecule has 1 aliphatic carbocycles. The van der Waals surface area contributed by atoms with Gasteiger partial charge >= 0.3 is 0 Å². The minimum atomic E-state index is -0.182. The van der Waals surface area contributed by atoms with Crippen molar-refractivity contribution in [2.45, 2.75) is 38.6 Å². The average Bonchev–Trinajstić information content (AvgIpc) is 3.29. The molecule has 2 rings (SSSR count). The Morgan fingerprint density at radius 2 is 1.90 bits per heavy atom. The molecule has 0 saturated heterocycles. The molecule has 1 atom stereocenters. The number of carbonyl (C=O) groups excluding carboxylic acids is 1. The largest absolute Gasteiger partial charge is 0.371 e. The lowest BCUT2D eigenvalue weighted by Gasteiger charge is -2.14. The van der Waals surface area contributed by atoms with Gasteiger partial charge in [0.25, 0.3) is 0 Å². The van der Waals surface area contributed by atoms with E-state index in [2.05, 4.69) is 31.3 Å². The SMILES string of the molecule is CC(C)c1ccc(C(N)CNC(=O)COCC2CC2)cc1. The van der Waals surface area contributed by atoms with Gasteiger partial charge in [0.15, 0.2) is 0 Å². The summed E-state index contributed by atoms with van der Waals surface area (Å²) in [4.78, 5) is 11.6. The van der Waals surface area contributed by atoms with Crippen molar-refractivity contribution in [1.29, 1.82) is 0 Å². The van der Waals surface area contributed by atoms with Gasteiger partial charge in [-0.25, -0.2) is 0 Å². The number of amides is 1. The van der Waals surface area contributed by atoms with Crippen molar-refractivity contribution < 1.29 is 9.53 Å². The van der Waals surface area contributed by atoms with Crippen LogP contribution < -0.4 is 11.1 Å². The van der Waals surface area contributed by atoms with Crippen molar-refractivity contribution in [2.75, 3.05) is 19.8 Å². The maximum absolute atomic E-state index is 11.6.